The van der Waals surface area contributed by atoms with Crippen LogP contribution in [0.25, 0.3) is 10.9 Å². The number of piperazine rings is 1. The third kappa shape index (κ3) is 5.56. The van der Waals surface area contributed by atoms with Crippen molar-refractivity contribution in [2.75, 3.05) is 30.9 Å². The van der Waals surface area contributed by atoms with Crippen molar-refractivity contribution in [1.29, 1.82) is 0 Å². The Labute approximate surface area is 230 Å². The van der Waals surface area contributed by atoms with Crippen molar-refractivity contribution in [1.82, 2.24) is 14.8 Å². The van der Waals surface area contributed by atoms with Crippen LogP contribution in [0.15, 0.2) is 77.8 Å². The summed E-state index contributed by atoms with van der Waals surface area (Å²) >= 11 is 12.2. The number of hydrogen-bond acceptors (Lipinski definition) is 6. The fourth-order valence-electron chi connectivity index (χ4n) is 4.42. The molecule has 11 heteroatoms. The number of phenolic OH excluding ortho intramolecular Hbond substituents is 1. The Balaban J connectivity index is 1.21. The monoisotopic (exact) mass is 570 g/mol. The molecule has 5 rings (SSSR count). The number of nitrogens with zero attached hydrogens (tertiary/aromatic N) is 3. The SMILES string of the molecule is O=C(c1ccc(NS(=O)(=O)c2cccc3cccnc23)cc1)N1CCN(Cc2cc(O)c(Cl)cc2Cl)CC1. The van der Waals surface area contributed by atoms with Crippen LogP contribution in [0, 0.1) is 0 Å². The molecule has 38 heavy (non-hydrogen) atoms. The Kier molecular flexibility index (Phi) is 7.45. The van der Waals surface area contributed by atoms with Gasteiger partial charge in [0.2, 0.25) is 0 Å². The van der Waals surface area contributed by atoms with Crippen LogP contribution in [-0.4, -0.2) is 60.4 Å². The number of benzene rings is 3. The van der Waals surface area contributed by atoms with Crippen molar-refractivity contribution in [3.63, 3.8) is 0 Å². The minimum Gasteiger partial charge on any atom is -0.506 e. The first-order valence-electron chi connectivity index (χ1n) is 11.9. The molecule has 2 heterocycles. The molecule has 1 aliphatic heterocycles. The summed E-state index contributed by atoms with van der Waals surface area (Å²) in [5, 5.41) is 11.3. The highest BCUT2D eigenvalue weighted by Gasteiger charge is 2.24. The third-order valence-electron chi connectivity index (χ3n) is 6.44. The molecule has 1 aliphatic rings. The molecule has 196 valence electrons. The first-order valence-corrected chi connectivity index (χ1v) is 14.1. The summed E-state index contributed by atoms with van der Waals surface area (Å²) < 4.78 is 28.7. The van der Waals surface area contributed by atoms with E-state index in [0.29, 0.717) is 54.5 Å². The van der Waals surface area contributed by atoms with Crippen LogP contribution in [-0.2, 0) is 16.6 Å². The highest BCUT2D eigenvalue weighted by atomic mass is 35.5. The van der Waals surface area contributed by atoms with E-state index in [4.69, 9.17) is 23.2 Å². The number of fused-ring (bicyclic) bond motifs is 1. The van der Waals surface area contributed by atoms with Crippen LogP contribution in [0.5, 0.6) is 5.75 Å². The van der Waals surface area contributed by atoms with E-state index in [1.165, 1.54) is 12.1 Å². The van der Waals surface area contributed by atoms with Gasteiger partial charge in [0.05, 0.1) is 10.5 Å². The average molecular weight is 571 g/mol. The number of aromatic hydroxyl groups is 1. The molecule has 1 saturated heterocycles. The van der Waals surface area contributed by atoms with Crippen LogP contribution in [0.4, 0.5) is 5.69 Å². The number of pyridine rings is 1. The minimum atomic E-state index is -3.88. The molecule has 0 radical (unpaired) electrons. The summed E-state index contributed by atoms with van der Waals surface area (Å²) in [6, 6.07) is 18.0. The second kappa shape index (κ2) is 10.8. The molecule has 0 atom stereocenters. The molecule has 0 bridgehead atoms. The number of nitrogens with one attached hydrogen (secondary N) is 1. The zero-order valence-corrected chi connectivity index (χ0v) is 22.5. The van der Waals surface area contributed by atoms with Crippen molar-refractivity contribution in [3.05, 3.63) is 94.1 Å². The van der Waals surface area contributed by atoms with E-state index in [-0.39, 0.29) is 21.6 Å². The fraction of sp³-hybridized carbons (Fsp3) is 0.185. The lowest BCUT2D eigenvalue weighted by molar-refractivity contribution is 0.0628. The molecular weight excluding hydrogens is 547 g/mol. The highest BCUT2D eigenvalue weighted by molar-refractivity contribution is 7.93. The van der Waals surface area contributed by atoms with Gasteiger partial charge in [0.15, 0.2) is 0 Å². The first kappa shape index (κ1) is 26.2. The molecule has 1 amide bonds. The molecule has 1 aromatic heterocycles. The van der Waals surface area contributed by atoms with Crippen LogP contribution in [0.1, 0.15) is 15.9 Å². The maximum absolute atomic E-state index is 13.1. The van der Waals surface area contributed by atoms with Gasteiger partial charge >= 0.3 is 0 Å². The first-order chi connectivity index (χ1) is 18.2. The van der Waals surface area contributed by atoms with Gasteiger partial charge in [-0.25, -0.2) is 8.42 Å². The molecule has 3 aromatic carbocycles. The van der Waals surface area contributed by atoms with Gasteiger partial charge in [0, 0.05) is 60.6 Å². The number of hydrogen-bond donors (Lipinski definition) is 2. The van der Waals surface area contributed by atoms with Crippen LogP contribution in [0.3, 0.4) is 0 Å². The summed E-state index contributed by atoms with van der Waals surface area (Å²) in [6.45, 7) is 2.87. The number of aromatic nitrogens is 1. The number of phenols is 1. The molecule has 8 nitrogen and oxygen atoms in total. The highest BCUT2D eigenvalue weighted by Crippen LogP contribution is 2.31. The van der Waals surface area contributed by atoms with Gasteiger partial charge in [-0.05, 0) is 54.1 Å². The summed E-state index contributed by atoms with van der Waals surface area (Å²) in [4.78, 5) is 21.3. The lowest BCUT2D eigenvalue weighted by Gasteiger charge is -2.35. The summed E-state index contributed by atoms with van der Waals surface area (Å²) in [7, 11) is -3.88. The minimum absolute atomic E-state index is 0.0144. The Bertz CT molecular complexity index is 1600. The summed E-state index contributed by atoms with van der Waals surface area (Å²) in [6.07, 6.45) is 1.55. The van der Waals surface area contributed by atoms with Crippen molar-refractivity contribution in [2.45, 2.75) is 11.4 Å². The van der Waals surface area contributed by atoms with Crippen LogP contribution < -0.4 is 4.72 Å². The van der Waals surface area contributed by atoms with E-state index >= 15 is 0 Å². The van der Waals surface area contributed by atoms with Gasteiger partial charge in [-0.15, -0.1) is 0 Å². The normalized spacial score (nSPS) is 14.5. The summed E-state index contributed by atoms with van der Waals surface area (Å²) in [5.74, 6) is -0.140. The number of carbonyl (C=O) groups is 1. The second-order valence-electron chi connectivity index (χ2n) is 8.98. The molecule has 1 fully saturated rings. The average Bonchev–Trinajstić information content (AvgIpc) is 2.91. The van der Waals surface area contributed by atoms with Gasteiger partial charge in [-0.3, -0.25) is 19.4 Å². The number of para-hydroxylation sites is 1. The van der Waals surface area contributed by atoms with E-state index in [9.17, 15) is 18.3 Å². The molecule has 0 spiro atoms. The lowest BCUT2D eigenvalue weighted by atomic mass is 10.1. The molecule has 2 N–H and O–H groups in total. The fourth-order valence-corrected chi connectivity index (χ4v) is 6.10. The number of anilines is 1. The molecular formula is C27H24Cl2N4O4S. The predicted octanol–water partition coefficient (Wildman–Crippen LogP) is 5.01. The Morgan fingerprint density at radius 3 is 2.39 bits per heavy atom. The topological polar surface area (TPSA) is 103 Å². The molecule has 4 aromatic rings. The van der Waals surface area contributed by atoms with Crippen LogP contribution in [0.2, 0.25) is 10.0 Å². The van der Waals surface area contributed by atoms with E-state index in [1.54, 1.807) is 65.7 Å². The third-order valence-corrected chi connectivity index (χ3v) is 8.51. The van der Waals surface area contributed by atoms with E-state index < -0.39 is 10.0 Å². The van der Waals surface area contributed by atoms with E-state index in [0.717, 1.165) is 10.9 Å². The van der Waals surface area contributed by atoms with Gasteiger partial charge in [-0.2, -0.15) is 0 Å². The van der Waals surface area contributed by atoms with Crippen LogP contribution >= 0.6 is 23.2 Å². The van der Waals surface area contributed by atoms with Gasteiger partial charge in [-0.1, -0.05) is 41.4 Å². The van der Waals surface area contributed by atoms with Crippen molar-refractivity contribution in [3.8, 4) is 5.75 Å². The Morgan fingerprint density at radius 1 is 0.947 bits per heavy atom. The van der Waals surface area contributed by atoms with Gasteiger partial charge in [0.1, 0.15) is 10.6 Å². The van der Waals surface area contributed by atoms with Crippen molar-refractivity contribution in [2.24, 2.45) is 0 Å². The number of carbonyl (C=O) groups excluding carboxylic acids is 1. The summed E-state index contributed by atoms with van der Waals surface area (Å²) in [5.41, 5.74) is 1.98. The quantitative estimate of drug-likeness (QED) is 0.338. The maximum Gasteiger partial charge on any atom is 0.264 e. The smallest absolute Gasteiger partial charge is 0.264 e. The van der Waals surface area contributed by atoms with E-state index in [1.807, 2.05) is 0 Å². The van der Waals surface area contributed by atoms with Crippen molar-refractivity contribution >= 4 is 55.7 Å². The van der Waals surface area contributed by atoms with Gasteiger partial charge in [0.25, 0.3) is 15.9 Å². The number of rotatable bonds is 6. The largest absolute Gasteiger partial charge is 0.506 e. The molecule has 0 unspecified atom stereocenters. The van der Waals surface area contributed by atoms with E-state index in [2.05, 4.69) is 14.6 Å². The Morgan fingerprint density at radius 2 is 1.66 bits per heavy atom. The molecule has 0 aliphatic carbocycles. The zero-order chi connectivity index (χ0) is 26.9. The van der Waals surface area contributed by atoms with Crippen molar-refractivity contribution < 1.29 is 18.3 Å². The predicted molar refractivity (Wildman–Crippen MR) is 148 cm³/mol. The number of halogens is 2. The zero-order valence-electron chi connectivity index (χ0n) is 20.1. The molecule has 0 saturated carbocycles. The maximum atomic E-state index is 13.1. The standard InChI is InChI=1S/C27H24Cl2N4O4S/c28-22-16-23(29)24(34)15-20(22)17-32-11-13-33(14-12-32)27(35)19-6-8-21(9-7-19)31-38(36,37)25-5-1-3-18-4-2-10-30-26(18)25/h1-10,15-16,31,34H,11-14,17H2. The number of amides is 1. The lowest BCUT2D eigenvalue weighted by Crippen LogP contribution is -2.48. The second-order valence-corrected chi connectivity index (χ2v) is 11.4. The Hall–Kier alpha value is -3.37. The number of sulfonamides is 1. The van der Waals surface area contributed by atoms with Gasteiger partial charge < -0.3 is 10.0 Å².